The zero-order valence-corrected chi connectivity index (χ0v) is 12.8. The fourth-order valence-electron chi connectivity index (χ4n) is 2.37. The third-order valence-corrected chi connectivity index (χ3v) is 4.67. The number of aromatic nitrogens is 4. The van der Waals surface area contributed by atoms with Crippen LogP contribution in [0.15, 0.2) is 24.5 Å². The highest BCUT2D eigenvalue weighted by molar-refractivity contribution is 7.16. The summed E-state index contributed by atoms with van der Waals surface area (Å²) in [5, 5.41) is 15.1. The van der Waals surface area contributed by atoms with Crippen molar-refractivity contribution in [2.45, 2.75) is 32.6 Å². The van der Waals surface area contributed by atoms with E-state index < -0.39 is 0 Å². The fraction of sp³-hybridized carbons (Fsp3) is 0.333. The second-order valence-corrected chi connectivity index (χ2v) is 5.80. The topological polar surface area (TPSA) is 66.9 Å². The van der Waals surface area contributed by atoms with E-state index in [0.717, 1.165) is 28.4 Å². The molecule has 0 unspecified atom stereocenters. The monoisotopic (exact) mass is 297 g/mol. The first-order valence-corrected chi connectivity index (χ1v) is 7.80. The van der Waals surface area contributed by atoms with Gasteiger partial charge >= 0.3 is 0 Å². The molecule has 3 aromatic heterocycles. The zero-order valence-electron chi connectivity index (χ0n) is 11.9. The Hall–Kier alpha value is -2.26. The Kier molecular flexibility index (Phi) is 3.67. The van der Waals surface area contributed by atoms with E-state index >= 15 is 0 Å². The molecular formula is C15H15N5S. The maximum absolute atomic E-state index is 9.46. The molecule has 0 saturated carbocycles. The molecule has 6 heteroatoms. The van der Waals surface area contributed by atoms with E-state index in [1.807, 2.05) is 12.1 Å². The van der Waals surface area contributed by atoms with Crippen LogP contribution >= 0.6 is 11.3 Å². The molecule has 0 amide bonds. The van der Waals surface area contributed by atoms with Gasteiger partial charge in [-0.3, -0.25) is 4.98 Å². The SMILES string of the molecule is CCC(CC)c1nn2c(C#N)c(-c3cccnc3)nc2s1. The summed E-state index contributed by atoms with van der Waals surface area (Å²) in [5.41, 5.74) is 1.97. The highest BCUT2D eigenvalue weighted by Crippen LogP contribution is 2.31. The smallest absolute Gasteiger partial charge is 0.214 e. The molecule has 0 saturated heterocycles. The second-order valence-electron chi connectivity index (χ2n) is 4.81. The maximum atomic E-state index is 9.46. The van der Waals surface area contributed by atoms with Crippen molar-refractivity contribution in [3.8, 4) is 17.3 Å². The predicted octanol–water partition coefficient (Wildman–Crippen LogP) is 3.63. The van der Waals surface area contributed by atoms with Crippen LogP contribution in [0.2, 0.25) is 0 Å². The Labute approximate surface area is 126 Å². The average molecular weight is 297 g/mol. The van der Waals surface area contributed by atoms with Gasteiger partial charge in [0.1, 0.15) is 16.8 Å². The Morgan fingerprint density at radius 3 is 2.81 bits per heavy atom. The number of imidazole rings is 1. The molecule has 0 aliphatic heterocycles. The van der Waals surface area contributed by atoms with Crippen LogP contribution in [0.3, 0.4) is 0 Å². The maximum Gasteiger partial charge on any atom is 0.214 e. The minimum absolute atomic E-state index is 0.435. The lowest BCUT2D eigenvalue weighted by Crippen LogP contribution is -1.97. The van der Waals surface area contributed by atoms with Gasteiger partial charge in [0.25, 0.3) is 0 Å². The van der Waals surface area contributed by atoms with Gasteiger partial charge in [0, 0.05) is 23.9 Å². The molecule has 0 radical (unpaired) electrons. The number of hydrogen-bond acceptors (Lipinski definition) is 5. The number of rotatable bonds is 4. The van der Waals surface area contributed by atoms with Crippen LogP contribution in [0.25, 0.3) is 16.2 Å². The summed E-state index contributed by atoms with van der Waals surface area (Å²) in [6, 6.07) is 5.97. The lowest BCUT2D eigenvalue weighted by molar-refractivity contribution is 0.625. The van der Waals surface area contributed by atoms with Gasteiger partial charge in [-0.05, 0) is 25.0 Å². The van der Waals surface area contributed by atoms with E-state index in [0.29, 0.717) is 17.3 Å². The van der Waals surface area contributed by atoms with Gasteiger partial charge in [-0.25, -0.2) is 4.98 Å². The summed E-state index contributed by atoms with van der Waals surface area (Å²) >= 11 is 1.57. The van der Waals surface area contributed by atoms with Crippen molar-refractivity contribution in [3.63, 3.8) is 0 Å². The van der Waals surface area contributed by atoms with Gasteiger partial charge < -0.3 is 0 Å². The highest BCUT2D eigenvalue weighted by atomic mass is 32.1. The van der Waals surface area contributed by atoms with Gasteiger partial charge in [-0.15, -0.1) is 0 Å². The van der Waals surface area contributed by atoms with Crippen LogP contribution in [-0.2, 0) is 0 Å². The van der Waals surface area contributed by atoms with Crippen molar-refractivity contribution in [2.75, 3.05) is 0 Å². The molecule has 21 heavy (non-hydrogen) atoms. The second kappa shape index (κ2) is 5.62. The molecule has 0 aliphatic rings. The van der Waals surface area contributed by atoms with Crippen molar-refractivity contribution in [3.05, 3.63) is 35.2 Å². The summed E-state index contributed by atoms with van der Waals surface area (Å²) < 4.78 is 1.67. The molecule has 106 valence electrons. The molecule has 5 nitrogen and oxygen atoms in total. The van der Waals surface area contributed by atoms with Gasteiger partial charge in [0.15, 0.2) is 5.69 Å². The fourth-order valence-corrected chi connectivity index (χ4v) is 3.54. The van der Waals surface area contributed by atoms with Crippen LogP contribution < -0.4 is 0 Å². The number of pyridine rings is 1. The summed E-state index contributed by atoms with van der Waals surface area (Å²) in [5.74, 6) is 0.435. The number of fused-ring (bicyclic) bond motifs is 1. The Morgan fingerprint density at radius 1 is 1.38 bits per heavy atom. The van der Waals surface area contributed by atoms with Gasteiger partial charge in [-0.1, -0.05) is 25.2 Å². The van der Waals surface area contributed by atoms with E-state index in [2.05, 4.69) is 35.0 Å². The summed E-state index contributed by atoms with van der Waals surface area (Å²) in [6.45, 7) is 4.31. The lowest BCUT2D eigenvalue weighted by atomic mass is 10.1. The summed E-state index contributed by atoms with van der Waals surface area (Å²) in [6.07, 6.45) is 5.52. The number of nitrogens with zero attached hydrogens (tertiary/aromatic N) is 5. The van der Waals surface area contributed by atoms with Gasteiger partial charge in [-0.2, -0.15) is 14.9 Å². The van der Waals surface area contributed by atoms with Gasteiger partial charge in [0.2, 0.25) is 4.96 Å². The lowest BCUT2D eigenvalue weighted by Gasteiger charge is -2.06. The number of nitriles is 1. The van der Waals surface area contributed by atoms with Crippen LogP contribution in [-0.4, -0.2) is 19.6 Å². The third kappa shape index (κ3) is 2.30. The molecule has 0 atom stereocenters. The van der Waals surface area contributed by atoms with Crippen molar-refractivity contribution in [1.29, 1.82) is 5.26 Å². The molecule has 0 aliphatic carbocycles. The molecule has 0 N–H and O–H groups in total. The minimum Gasteiger partial charge on any atom is -0.264 e. The first-order valence-electron chi connectivity index (χ1n) is 6.98. The first-order chi connectivity index (χ1) is 10.3. The Bertz CT molecular complexity index is 793. The van der Waals surface area contributed by atoms with E-state index in [1.165, 1.54) is 0 Å². The molecule has 3 heterocycles. The van der Waals surface area contributed by atoms with Crippen molar-refractivity contribution in [2.24, 2.45) is 0 Å². The Morgan fingerprint density at radius 2 is 2.19 bits per heavy atom. The van der Waals surface area contributed by atoms with Crippen LogP contribution in [0.5, 0.6) is 0 Å². The standard InChI is InChI=1S/C15H15N5S/c1-3-10(4-2)14-19-20-12(8-16)13(18-15(20)21-14)11-6-5-7-17-9-11/h5-7,9-10H,3-4H2,1-2H3. The number of hydrogen-bond donors (Lipinski definition) is 0. The molecule has 3 rings (SSSR count). The van der Waals surface area contributed by atoms with Crippen molar-refractivity contribution < 1.29 is 0 Å². The van der Waals surface area contributed by atoms with E-state index in [1.54, 1.807) is 28.2 Å². The van der Waals surface area contributed by atoms with E-state index in [9.17, 15) is 5.26 Å². The van der Waals surface area contributed by atoms with Crippen molar-refractivity contribution >= 4 is 16.3 Å². The minimum atomic E-state index is 0.435. The largest absolute Gasteiger partial charge is 0.264 e. The van der Waals surface area contributed by atoms with Crippen LogP contribution in [0.1, 0.15) is 43.3 Å². The quantitative estimate of drug-likeness (QED) is 0.737. The molecule has 0 spiro atoms. The van der Waals surface area contributed by atoms with Gasteiger partial charge in [0.05, 0.1) is 0 Å². The zero-order chi connectivity index (χ0) is 14.8. The predicted molar refractivity (Wildman–Crippen MR) is 82.1 cm³/mol. The highest BCUT2D eigenvalue weighted by Gasteiger charge is 2.20. The van der Waals surface area contributed by atoms with E-state index in [-0.39, 0.29) is 0 Å². The molecule has 0 aromatic carbocycles. The summed E-state index contributed by atoms with van der Waals surface area (Å²) in [7, 11) is 0. The normalized spacial score (nSPS) is 11.1. The molecular weight excluding hydrogens is 282 g/mol. The van der Waals surface area contributed by atoms with Crippen molar-refractivity contribution in [1.82, 2.24) is 19.6 Å². The average Bonchev–Trinajstić information content (AvgIpc) is 3.06. The molecule has 0 bridgehead atoms. The first kappa shape index (κ1) is 13.7. The Balaban J connectivity index is 2.14. The van der Waals surface area contributed by atoms with E-state index in [4.69, 9.17) is 0 Å². The van der Waals surface area contributed by atoms with Crippen LogP contribution in [0.4, 0.5) is 0 Å². The summed E-state index contributed by atoms with van der Waals surface area (Å²) in [4.78, 5) is 9.44. The molecule has 3 aromatic rings. The van der Waals surface area contributed by atoms with Crippen LogP contribution in [0, 0.1) is 11.3 Å². The molecule has 0 fully saturated rings. The third-order valence-electron chi connectivity index (χ3n) is 3.59.